The van der Waals surface area contributed by atoms with E-state index in [9.17, 15) is 0 Å². The molecule has 0 aromatic rings. The molecule has 0 aromatic heterocycles. The Morgan fingerprint density at radius 2 is 0.641 bits per heavy atom. The molecule has 7 nitrogen and oxygen atoms in total. The minimum absolute atomic E-state index is 0.0686. The summed E-state index contributed by atoms with van der Waals surface area (Å²) in [6, 6.07) is 3.22. The average Bonchev–Trinajstić information content (AvgIpc) is 2.97. The van der Waals surface area contributed by atoms with Crippen LogP contribution in [0, 0.1) is 0 Å². The van der Waals surface area contributed by atoms with Crippen molar-refractivity contribution >= 4 is 36.2 Å². The molecular weight excluding hydrogens is 561 g/mol. The van der Waals surface area contributed by atoms with Gasteiger partial charge in [-0.15, -0.1) is 0 Å². The summed E-state index contributed by atoms with van der Waals surface area (Å²) in [5, 5.41) is 0. The minimum atomic E-state index is -1.94. The van der Waals surface area contributed by atoms with Crippen LogP contribution < -0.4 is 0 Å². The largest absolute Gasteiger partial charge is 0.422 e. The van der Waals surface area contributed by atoms with Crippen molar-refractivity contribution in [2.24, 2.45) is 0 Å². The van der Waals surface area contributed by atoms with E-state index < -0.39 is 25.7 Å². The fraction of sp³-hybridized carbons (Fsp3) is 1.00. The Bertz CT molecular complexity index is 500. The molecule has 0 amide bonds. The van der Waals surface area contributed by atoms with E-state index >= 15 is 0 Å². The maximum absolute atomic E-state index is 6.46. The third-order valence-electron chi connectivity index (χ3n) is 9.06. The van der Waals surface area contributed by atoms with Crippen LogP contribution in [-0.4, -0.2) is 84.4 Å². The van der Waals surface area contributed by atoms with Gasteiger partial charge in [0.1, 0.15) is 10.5 Å². The number of hydrogen-bond donors (Lipinski definition) is 0. The number of rotatable bonds is 28. The molecule has 0 unspecified atom stereocenters. The molecule has 0 saturated heterocycles. The Hall–Kier alpha value is 0.588. The van der Waals surface area contributed by atoms with E-state index in [1.54, 1.807) is 42.7 Å². The van der Waals surface area contributed by atoms with Crippen LogP contribution in [0.15, 0.2) is 0 Å². The summed E-state index contributed by atoms with van der Waals surface area (Å²) in [6.45, 7) is 6.48. The van der Waals surface area contributed by atoms with Gasteiger partial charge in [0.25, 0.3) is 0 Å². The van der Waals surface area contributed by atoms with Crippen molar-refractivity contribution in [1.29, 1.82) is 0 Å². The summed E-state index contributed by atoms with van der Waals surface area (Å²) >= 11 is 0. The zero-order chi connectivity index (χ0) is 29.7. The van der Waals surface area contributed by atoms with Gasteiger partial charge in [0.2, 0.25) is 0 Å². The van der Waals surface area contributed by atoms with E-state index in [0.717, 1.165) is 28.6 Å². The van der Waals surface area contributed by atoms with Gasteiger partial charge in [-0.2, -0.15) is 0 Å². The van der Waals surface area contributed by atoms with Crippen molar-refractivity contribution in [3.05, 3.63) is 0 Å². The van der Waals surface area contributed by atoms with Gasteiger partial charge in [0.05, 0.1) is 5.60 Å². The highest BCUT2D eigenvalue weighted by atomic mass is 28.4. The Balaban J connectivity index is 4.70. The Morgan fingerprint density at radius 1 is 0.410 bits per heavy atom. The normalized spacial score (nSPS) is 13.5. The van der Waals surface area contributed by atoms with Crippen LogP contribution in [-0.2, 0) is 31.0 Å². The second-order valence-electron chi connectivity index (χ2n) is 11.8. The summed E-state index contributed by atoms with van der Waals surface area (Å²) in [4.78, 5) is 0. The van der Waals surface area contributed by atoms with Crippen LogP contribution in [0.5, 0.6) is 0 Å². The maximum atomic E-state index is 6.46. The van der Waals surface area contributed by atoms with Gasteiger partial charge in [0.15, 0.2) is 0 Å². The smallest absolute Gasteiger partial charge is 0.334 e. The van der Waals surface area contributed by atoms with E-state index in [4.69, 9.17) is 31.0 Å². The molecule has 0 radical (unpaired) electrons. The second-order valence-corrected chi connectivity index (χ2v) is 22.9. The van der Waals surface area contributed by atoms with E-state index in [1.807, 2.05) is 0 Å². The Labute approximate surface area is 249 Å². The van der Waals surface area contributed by atoms with Crippen molar-refractivity contribution in [1.82, 2.24) is 0 Å². The molecule has 0 aliphatic heterocycles. The molecule has 0 aliphatic carbocycles. The van der Waals surface area contributed by atoms with E-state index in [-0.39, 0.29) is 5.60 Å². The molecule has 236 valence electrons. The van der Waals surface area contributed by atoms with Crippen molar-refractivity contribution in [3.8, 4) is 0 Å². The maximum Gasteiger partial charge on any atom is 0.334 e. The molecule has 0 aliphatic rings. The molecule has 0 aromatic carbocycles. The predicted octanol–water partition coefficient (Wildman–Crippen LogP) is 6.97. The lowest BCUT2D eigenvalue weighted by Crippen LogP contribution is -2.35. The fourth-order valence-corrected chi connectivity index (χ4v) is 10.3. The Kier molecular flexibility index (Phi) is 22.5. The fourth-order valence-electron chi connectivity index (χ4n) is 5.28. The lowest BCUT2D eigenvalue weighted by atomic mass is 9.85. The van der Waals surface area contributed by atoms with Crippen molar-refractivity contribution in [2.45, 2.75) is 140 Å². The predicted molar refractivity (Wildman–Crippen MR) is 174 cm³/mol. The van der Waals surface area contributed by atoms with Crippen LogP contribution >= 0.6 is 0 Å². The Morgan fingerprint density at radius 3 is 0.846 bits per heavy atom. The highest BCUT2D eigenvalue weighted by molar-refractivity contribution is 6.66. The molecule has 0 heterocycles. The quantitative estimate of drug-likeness (QED) is 0.0687. The van der Waals surface area contributed by atoms with Gasteiger partial charge < -0.3 is 31.0 Å². The monoisotopic (exact) mass is 626 g/mol. The molecule has 0 N–H and O–H groups in total. The second kappa shape index (κ2) is 22.2. The third-order valence-corrected chi connectivity index (χ3v) is 18.9. The average molecular weight is 627 g/mol. The SMILES string of the molecule is CO[Si](C)(CCCCCCC(CCCCCC[Si](C)(OC)OC)(CCCCCC[Si](C)(OC)OC)O[SiH3])OC. The van der Waals surface area contributed by atoms with Crippen molar-refractivity contribution in [2.75, 3.05) is 42.7 Å². The summed E-state index contributed by atoms with van der Waals surface area (Å²) in [6.07, 6.45) is 18.4. The third kappa shape index (κ3) is 17.3. The summed E-state index contributed by atoms with van der Waals surface area (Å²) in [5.41, 5.74) is 0.0686. The molecule has 0 bridgehead atoms. The zero-order valence-corrected chi connectivity index (χ0v) is 32.6. The molecule has 0 rings (SSSR count). The molecule has 11 heteroatoms. The number of hydrogen-bond acceptors (Lipinski definition) is 7. The van der Waals surface area contributed by atoms with Crippen LogP contribution in [0.3, 0.4) is 0 Å². The van der Waals surface area contributed by atoms with Crippen LogP contribution in [0.1, 0.15) is 96.3 Å². The van der Waals surface area contributed by atoms with E-state index in [1.165, 1.54) is 96.3 Å². The van der Waals surface area contributed by atoms with Crippen molar-refractivity contribution in [3.63, 3.8) is 0 Å². The summed E-state index contributed by atoms with van der Waals surface area (Å²) in [5.74, 6) is 0. The standard InChI is InChI=1S/C28H66O7Si4/c1-29-37(7,30-2)25-19-13-10-16-22-28(35-36,23-17-11-14-20-26-38(8,31-3)32-4)24-18-12-15-21-27-39(9,33-5)34-6/h10-27H2,1-9,36H3. The van der Waals surface area contributed by atoms with Gasteiger partial charge in [-0.1, -0.05) is 77.0 Å². The van der Waals surface area contributed by atoms with Crippen molar-refractivity contribution < 1.29 is 31.0 Å². The van der Waals surface area contributed by atoms with E-state index in [0.29, 0.717) is 0 Å². The lowest BCUT2D eigenvalue weighted by molar-refractivity contribution is 0.0423. The molecule has 0 atom stereocenters. The highest BCUT2D eigenvalue weighted by Crippen LogP contribution is 2.32. The van der Waals surface area contributed by atoms with Gasteiger partial charge in [0, 0.05) is 42.7 Å². The molecular formula is C28H66O7Si4. The van der Waals surface area contributed by atoms with Gasteiger partial charge >= 0.3 is 25.7 Å². The molecule has 0 fully saturated rings. The zero-order valence-electron chi connectivity index (χ0n) is 27.6. The molecule has 39 heavy (non-hydrogen) atoms. The molecule has 0 saturated carbocycles. The van der Waals surface area contributed by atoms with Crippen LogP contribution in [0.4, 0.5) is 0 Å². The summed E-state index contributed by atoms with van der Waals surface area (Å²) in [7, 11) is 5.73. The molecule has 0 spiro atoms. The lowest BCUT2D eigenvalue weighted by Gasteiger charge is -2.34. The van der Waals surface area contributed by atoms with E-state index in [2.05, 4.69) is 19.6 Å². The highest BCUT2D eigenvalue weighted by Gasteiger charge is 2.31. The van der Waals surface area contributed by atoms with Gasteiger partial charge in [-0.05, 0) is 57.0 Å². The first-order chi connectivity index (χ1) is 18.5. The minimum Gasteiger partial charge on any atom is -0.422 e. The first-order valence-electron chi connectivity index (χ1n) is 15.4. The van der Waals surface area contributed by atoms with Crippen LogP contribution in [0.2, 0.25) is 37.8 Å². The number of unbranched alkanes of at least 4 members (excludes halogenated alkanes) is 9. The van der Waals surface area contributed by atoms with Crippen LogP contribution in [0.25, 0.3) is 0 Å². The summed E-state index contributed by atoms with van der Waals surface area (Å²) < 4.78 is 40.4. The first kappa shape index (κ1) is 39.6. The van der Waals surface area contributed by atoms with Gasteiger partial charge in [-0.25, -0.2) is 0 Å². The topological polar surface area (TPSA) is 64.6 Å². The first-order valence-corrected chi connectivity index (χ1v) is 23.8. The van der Waals surface area contributed by atoms with Gasteiger partial charge in [-0.3, -0.25) is 0 Å².